The summed E-state index contributed by atoms with van der Waals surface area (Å²) >= 11 is 1.79. The lowest BCUT2D eigenvalue weighted by molar-refractivity contribution is 0.728. The molecule has 0 radical (unpaired) electrons. The van der Waals surface area contributed by atoms with Gasteiger partial charge in [0.1, 0.15) is 0 Å². The molecular weight excluding hydrogens is 416 g/mol. The summed E-state index contributed by atoms with van der Waals surface area (Å²) in [6.45, 7) is 2.56. The third-order valence-electron chi connectivity index (χ3n) is 5.88. The van der Waals surface area contributed by atoms with Gasteiger partial charge in [-0.2, -0.15) is 5.10 Å². The smallest absolute Gasteiger partial charge is 0.185 e. The molecule has 2 aliphatic rings. The molecule has 2 aromatic carbocycles. The fourth-order valence-electron chi connectivity index (χ4n) is 4.28. The maximum Gasteiger partial charge on any atom is 0.185 e. The summed E-state index contributed by atoms with van der Waals surface area (Å²) in [6.07, 6.45) is 9.56. The summed E-state index contributed by atoms with van der Waals surface area (Å²) in [4.78, 5) is 17.3. The van der Waals surface area contributed by atoms with Gasteiger partial charge in [-0.15, -0.1) is 11.3 Å². The molecule has 0 amide bonds. The number of benzene rings is 2. The third-order valence-corrected chi connectivity index (χ3v) is 6.94. The highest BCUT2D eigenvalue weighted by Gasteiger charge is 2.20. The van der Waals surface area contributed by atoms with E-state index in [1.54, 1.807) is 17.5 Å². The lowest BCUT2D eigenvalue weighted by Gasteiger charge is -2.28. The van der Waals surface area contributed by atoms with Crippen LogP contribution in [-0.4, -0.2) is 39.9 Å². The Kier molecular flexibility index (Phi) is 4.88. The Labute approximate surface area is 190 Å². The second-order valence-corrected chi connectivity index (χ2v) is 9.13. The average Bonchev–Trinajstić information content (AvgIpc) is 3.62. The van der Waals surface area contributed by atoms with Gasteiger partial charge in [-0.05, 0) is 47.4 Å². The van der Waals surface area contributed by atoms with E-state index < -0.39 is 0 Å². The first-order chi connectivity index (χ1) is 15.8. The van der Waals surface area contributed by atoms with Gasteiger partial charge >= 0.3 is 0 Å². The topological polar surface area (TPSA) is 58.7 Å². The molecule has 0 saturated heterocycles. The second kappa shape index (κ2) is 8.16. The fraction of sp³-hybridized carbons (Fsp3) is 0.200. The normalized spacial score (nSPS) is 15.1. The van der Waals surface area contributed by atoms with E-state index in [4.69, 9.17) is 4.98 Å². The zero-order valence-electron chi connectivity index (χ0n) is 17.6. The molecule has 2 aromatic heterocycles. The number of aromatic nitrogens is 3. The monoisotopic (exact) mass is 438 g/mol. The van der Waals surface area contributed by atoms with E-state index >= 15 is 0 Å². The first-order valence-electron chi connectivity index (χ1n) is 10.8. The highest BCUT2D eigenvalue weighted by molar-refractivity contribution is 7.15. The lowest BCUT2D eigenvalue weighted by atomic mass is 9.97. The summed E-state index contributed by atoms with van der Waals surface area (Å²) in [5.41, 5.74) is 6.22. The van der Waals surface area contributed by atoms with Gasteiger partial charge in [0.2, 0.25) is 0 Å². The third kappa shape index (κ3) is 3.76. The van der Waals surface area contributed by atoms with Gasteiger partial charge in [-0.3, -0.25) is 4.99 Å². The Morgan fingerprint density at radius 3 is 2.91 bits per heavy atom. The molecule has 0 bridgehead atoms. The van der Waals surface area contributed by atoms with Crippen molar-refractivity contribution in [2.45, 2.75) is 19.4 Å². The molecule has 6 nitrogen and oxygen atoms in total. The van der Waals surface area contributed by atoms with Gasteiger partial charge in [0.15, 0.2) is 11.0 Å². The average molecular weight is 439 g/mol. The lowest BCUT2D eigenvalue weighted by Crippen LogP contribution is -2.30. The predicted molar refractivity (Wildman–Crippen MR) is 130 cm³/mol. The van der Waals surface area contributed by atoms with Crippen LogP contribution >= 0.6 is 11.3 Å². The maximum absolute atomic E-state index is 4.76. The number of aliphatic imine (C=N–C) groups is 2. The summed E-state index contributed by atoms with van der Waals surface area (Å²) in [5.74, 6) is 0.846. The van der Waals surface area contributed by atoms with Crippen LogP contribution in [0.3, 0.4) is 0 Å². The van der Waals surface area contributed by atoms with Gasteiger partial charge in [0.05, 0.1) is 12.2 Å². The predicted octanol–water partition coefficient (Wildman–Crippen LogP) is 4.31. The summed E-state index contributed by atoms with van der Waals surface area (Å²) in [5, 5.41) is 5.43. The van der Waals surface area contributed by atoms with Gasteiger partial charge < -0.3 is 4.90 Å². The van der Waals surface area contributed by atoms with Crippen LogP contribution in [0.1, 0.15) is 27.1 Å². The van der Waals surface area contributed by atoms with E-state index in [9.17, 15) is 0 Å². The van der Waals surface area contributed by atoms with Crippen LogP contribution in [0, 0.1) is 0 Å². The van der Waals surface area contributed by atoms with E-state index in [1.807, 2.05) is 29.4 Å². The summed E-state index contributed by atoms with van der Waals surface area (Å²) < 4.78 is 1.89. The van der Waals surface area contributed by atoms with Crippen LogP contribution in [-0.2, 0) is 19.4 Å². The van der Waals surface area contributed by atoms with Crippen molar-refractivity contribution in [3.8, 4) is 5.69 Å². The highest BCUT2D eigenvalue weighted by Crippen LogP contribution is 2.30. The van der Waals surface area contributed by atoms with Crippen molar-refractivity contribution in [1.29, 1.82) is 0 Å². The first-order valence-corrected chi connectivity index (χ1v) is 11.6. The van der Waals surface area contributed by atoms with Crippen LogP contribution in [0.15, 0.2) is 77.1 Å². The minimum absolute atomic E-state index is 0.686. The van der Waals surface area contributed by atoms with Crippen molar-refractivity contribution in [3.05, 3.63) is 94.3 Å². The fourth-order valence-corrected chi connectivity index (χ4v) is 5.25. The van der Waals surface area contributed by atoms with Crippen LogP contribution in [0.2, 0.25) is 0 Å². The molecular formula is C25H22N6S. The molecule has 6 rings (SSSR count). The zero-order chi connectivity index (χ0) is 21.3. The van der Waals surface area contributed by atoms with Gasteiger partial charge in [0, 0.05) is 54.8 Å². The number of amidine groups is 1. The minimum Gasteiger partial charge on any atom is -0.343 e. The number of anilines is 1. The van der Waals surface area contributed by atoms with Crippen molar-refractivity contribution in [2.24, 2.45) is 9.98 Å². The SMILES string of the molecule is C1=NC(c2ccc3c(c2)CN(c2ncc(Cc4cccc(-n5cccn5)c4)s2)CC3)=NC1. The Morgan fingerprint density at radius 1 is 1.03 bits per heavy atom. The molecule has 7 heteroatoms. The number of hydrogen-bond acceptors (Lipinski definition) is 6. The molecule has 0 fully saturated rings. The van der Waals surface area contributed by atoms with Crippen molar-refractivity contribution < 1.29 is 0 Å². The van der Waals surface area contributed by atoms with Crippen molar-refractivity contribution in [1.82, 2.24) is 14.8 Å². The molecule has 0 N–H and O–H groups in total. The van der Waals surface area contributed by atoms with E-state index in [0.29, 0.717) is 6.54 Å². The maximum atomic E-state index is 4.76. The Balaban J connectivity index is 1.19. The van der Waals surface area contributed by atoms with E-state index in [0.717, 1.165) is 48.1 Å². The highest BCUT2D eigenvalue weighted by atomic mass is 32.1. The van der Waals surface area contributed by atoms with Gasteiger partial charge in [-0.25, -0.2) is 14.7 Å². The largest absolute Gasteiger partial charge is 0.343 e. The molecule has 0 unspecified atom stereocenters. The number of nitrogens with zero attached hydrogens (tertiary/aromatic N) is 6. The van der Waals surface area contributed by atoms with Crippen LogP contribution in [0.4, 0.5) is 5.13 Å². The molecule has 32 heavy (non-hydrogen) atoms. The molecule has 4 heterocycles. The van der Waals surface area contributed by atoms with Crippen LogP contribution in [0.25, 0.3) is 5.69 Å². The quantitative estimate of drug-likeness (QED) is 0.466. The molecule has 4 aromatic rings. The van der Waals surface area contributed by atoms with Crippen LogP contribution < -0.4 is 4.90 Å². The van der Waals surface area contributed by atoms with Crippen molar-refractivity contribution in [2.75, 3.05) is 18.0 Å². The van der Waals surface area contributed by atoms with Crippen molar-refractivity contribution in [3.63, 3.8) is 0 Å². The van der Waals surface area contributed by atoms with Gasteiger partial charge in [-0.1, -0.05) is 24.3 Å². The number of rotatable bonds is 5. The number of hydrogen-bond donors (Lipinski definition) is 0. The molecule has 0 aliphatic carbocycles. The van der Waals surface area contributed by atoms with E-state index in [-0.39, 0.29) is 0 Å². The minimum atomic E-state index is 0.686. The first kappa shape index (κ1) is 19.1. The Bertz CT molecular complexity index is 1320. The zero-order valence-corrected chi connectivity index (χ0v) is 18.4. The van der Waals surface area contributed by atoms with Gasteiger partial charge in [0.25, 0.3) is 0 Å². The second-order valence-electron chi connectivity index (χ2n) is 8.04. The van der Waals surface area contributed by atoms with E-state index in [1.165, 1.54) is 21.6 Å². The number of fused-ring (bicyclic) bond motifs is 1. The molecule has 2 aliphatic heterocycles. The standard InChI is InChI=1S/C25H22N6S/c1-3-18(13-22(4-1)31-11-2-8-29-31)14-23-16-28-25(32-23)30-12-7-19-5-6-20(15-21(19)17-30)24-26-9-10-27-24/h1-6,8-9,11,13,15-16H,7,10,12,14,17H2. The number of thiazole rings is 1. The molecule has 0 atom stereocenters. The molecule has 0 saturated carbocycles. The van der Waals surface area contributed by atoms with Crippen LogP contribution in [0.5, 0.6) is 0 Å². The summed E-state index contributed by atoms with van der Waals surface area (Å²) in [6, 6.07) is 17.1. The summed E-state index contributed by atoms with van der Waals surface area (Å²) in [7, 11) is 0. The van der Waals surface area contributed by atoms with E-state index in [2.05, 4.69) is 62.4 Å². The van der Waals surface area contributed by atoms with Crippen molar-refractivity contribution >= 4 is 28.5 Å². The Morgan fingerprint density at radius 2 is 2.03 bits per heavy atom. The molecule has 158 valence electrons. The molecule has 0 spiro atoms. The Hall–Kier alpha value is -3.58.